The molecular formula is C16H25N3O4S. The lowest BCUT2D eigenvalue weighted by atomic mass is 10.1. The molecule has 0 spiro atoms. The van der Waals surface area contributed by atoms with E-state index in [0.717, 1.165) is 0 Å². The highest BCUT2D eigenvalue weighted by Crippen LogP contribution is 2.23. The standard InChI is InChI=1S/C16H25N3O4S/c1-7-14(20)17-11-8-9-12(15(21)19(5)6)13(10-11)24(22,23)18-16(2,3)4/h8-10,18H,7H2,1-6H3,(H,17,20). The van der Waals surface area contributed by atoms with Crippen molar-refractivity contribution in [3.63, 3.8) is 0 Å². The van der Waals surface area contributed by atoms with Crippen LogP contribution in [0.5, 0.6) is 0 Å². The molecule has 0 unspecified atom stereocenters. The number of carbonyl (C=O) groups excluding carboxylic acids is 2. The average molecular weight is 355 g/mol. The van der Waals surface area contributed by atoms with Crippen molar-refractivity contribution in [2.24, 2.45) is 0 Å². The second-order valence-electron chi connectivity index (χ2n) is 6.67. The number of rotatable bonds is 5. The molecule has 0 heterocycles. The van der Waals surface area contributed by atoms with Crippen LogP contribution in [-0.4, -0.2) is 44.8 Å². The van der Waals surface area contributed by atoms with Gasteiger partial charge in [-0.05, 0) is 39.0 Å². The van der Waals surface area contributed by atoms with Crippen LogP contribution in [0.2, 0.25) is 0 Å². The van der Waals surface area contributed by atoms with Crippen LogP contribution in [0, 0.1) is 0 Å². The van der Waals surface area contributed by atoms with E-state index in [2.05, 4.69) is 10.0 Å². The van der Waals surface area contributed by atoms with Gasteiger partial charge >= 0.3 is 0 Å². The molecule has 0 aliphatic heterocycles. The van der Waals surface area contributed by atoms with Crippen molar-refractivity contribution in [3.8, 4) is 0 Å². The number of nitrogens with one attached hydrogen (secondary N) is 2. The lowest BCUT2D eigenvalue weighted by Crippen LogP contribution is -2.41. The predicted octanol–water partition coefficient (Wildman–Crippen LogP) is 1.81. The van der Waals surface area contributed by atoms with E-state index in [1.54, 1.807) is 41.8 Å². The first-order chi connectivity index (χ1) is 10.9. The molecule has 0 aliphatic carbocycles. The summed E-state index contributed by atoms with van der Waals surface area (Å²) in [5.74, 6) is -0.675. The third-order valence-electron chi connectivity index (χ3n) is 2.95. The van der Waals surface area contributed by atoms with Crippen LogP contribution in [0.4, 0.5) is 5.69 Å². The number of nitrogens with zero attached hydrogens (tertiary/aromatic N) is 1. The molecule has 0 bridgehead atoms. The first-order valence-electron chi connectivity index (χ1n) is 7.57. The van der Waals surface area contributed by atoms with Crippen LogP contribution < -0.4 is 10.0 Å². The number of hydrogen-bond acceptors (Lipinski definition) is 4. The second kappa shape index (κ2) is 7.31. The van der Waals surface area contributed by atoms with Crippen LogP contribution in [0.1, 0.15) is 44.5 Å². The Kier molecular flexibility index (Phi) is 6.13. The molecule has 2 amide bonds. The maximum absolute atomic E-state index is 12.7. The van der Waals surface area contributed by atoms with Crippen LogP contribution in [0.25, 0.3) is 0 Å². The zero-order chi connectivity index (χ0) is 18.7. The Morgan fingerprint density at radius 3 is 2.21 bits per heavy atom. The van der Waals surface area contributed by atoms with E-state index in [1.165, 1.54) is 23.1 Å². The lowest BCUT2D eigenvalue weighted by Gasteiger charge is -2.22. The highest BCUT2D eigenvalue weighted by molar-refractivity contribution is 7.89. The van der Waals surface area contributed by atoms with Gasteiger partial charge in [-0.25, -0.2) is 13.1 Å². The second-order valence-corrected chi connectivity index (χ2v) is 8.32. The van der Waals surface area contributed by atoms with Gasteiger partial charge in [0.05, 0.1) is 10.5 Å². The van der Waals surface area contributed by atoms with E-state index in [0.29, 0.717) is 5.69 Å². The first kappa shape index (κ1) is 20.1. The molecule has 0 aliphatic rings. The summed E-state index contributed by atoms with van der Waals surface area (Å²) in [7, 11) is -0.852. The van der Waals surface area contributed by atoms with Gasteiger partial charge < -0.3 is 10.2 Å². The van der Waals surface area contributed by atoms with Crippen molar-refractivity contribution < 1.29 is 18.0 Å². The fourth-order valence-corrected chi connectivity index (χ4v) is 3.59. The van der Waals surface area contributed by atoms with Crippen molar-refractivity contribution >= 4 is 27.5 Å². The molecule has 134 valence electrons. The van der Waals surface area contributed by atoms with Gasteiger partial charge in [0.2, 0.25) is 15.9 Å². The SMILES string of the molecule is CCC(=O)Nc1ccc(C(=O)N(C)C)c(S(=O)(=O)NC(C)(C)C)c1. The smallest absolute Gasteiger partial charge is 0.254 e. The molecular weight excluding hydrogens is 330 g/mol. The minimum Gasteiger partial charge on any atom is -0.345 e. The highest BCUT2D eigenvalue weighted by Gasteiger charge is 2.28. The fraction of sp³-hybridized carbons (Fsp3) is 0.500. The summed E-state index contributed by atoms with van der Waals surface area (Å²) in [6.07, 6.45) is 0.265. The van der Waals surface area contributed by atoms with Crippen molar-refractivity contribution in [1.82, 2.24) is 9.62 Å². The Morgan fingerprint density at radius 1 is 1.17 bits per heavy atom. The quantitative estimate of drug-likeness (QED) is 0.842. The summed E-state index contributed by atoms with van der Waals surface area (Å²) in [6, 6.07) is 4.23. The minimum atomic E-state index is -3.94. The molecule has 0 saturated carbocycles. The molecule has 2 N–H and O–H groups in total. The normalized spacial score (nSPS) is 11.9. The largest absolute Gasteiger partial charge is 0.345 e. The topological polar surface area (TPSA) is 95.6 Å². The van der Waals surface area contributed by atoms with Gasteiger partial charge in [-0.3, -0.25) is 9.59 Å². The average Bonchev–Trinajstić information content (AvgIpc) is 2.43. The molecule has 0 fully saturated rings. The first-order valence-corrected chi connectivity index (χ1v) is 9.05. The van der Waals surface area contributed by atoms with Crippen LogP contribution >= 0.6 is 0 Å². The third-order valence-corrected chi connectivity index (χ3v) is 4.75. The van der Waals surface area contributed by atoms with Crippen molar-refractivity contribution in [3.05, 3.63) is 23.8 Å². The molecule has 1 rings (SSSR count). The van der Waals surface area contributed by atoms with Gasteiger partial charge in [0, 0.05) is 31.7 Å². The number of amides is 2. The Balaban J connectivity index is 3.47. The molecule has 0 aromatic heterocycles. The van der Waals surface area contributed by atoms with Crippen LogP contribution in [0.15, 0.2) is 23.1 Å². The Morgan fingerprint density at radius 2 is 1.75 bits per heavy atom. The molecule has 1 aromatic rings. The van der Waals surface area contributed by atoms with E-state index in [-0.39, 0.29) is 22.8 Å². The van der Waals surface area contributed by atoms with Crippen LogP contribution in [0.3, 0.4) is 0 Å². The number of anilines is 1. The lowest BCUT2D eigenvalue weighted by molar-refractivity contribution is -0.115. The molecule has 0 radical (unpaired) electrons. The van der Waals surface area contributed by atoms with Gasteiger partial charge in [-0.2, -0.15) is 0 Å². The van der Waals surface area contributed by atoms with Gasteiger partial charge in [-0.15, -0.1) is 0 Å². The van der Waals surface area contributed by atoms with Gasteiger partial charge in [0.1, 0.15) is 0 Å². The predicted molar refractivity (Wildman–Crippen MR) is 93.5 cm³/mol. The summed E-state index contributed by atoms with van der Waals surface area (Å²) < 4.78 is 27.9. The van der Waals surface area contributed by atoms with E-state index in [4.69, 9.17) is 0 Å². The molecule has 0 saturated heterocycles. The van der Waals surface area contributed by atoms with Gasteiger partial charge in [0.15, 0.2) is 0 Å². The minimum absolute atomic E-state index is 0.0475. The molecule has 24 heavy (non-hydrogen) atoms. The van der Waals surface area contributed by atoms with E-state index in [1.807, 2.05) is 0 Å². The molecule has 7 nitrogen and oxygen atoms in total. The number of hydrogen-bond donors (Lipinski definition) is 2. The summed E-state index contributed by atoms with van der Waals surface area (Å²) in [6.45, 7) is 6.82. The third kappa shape index (κ3) is 5.31. The van der Waals surface area contributed by atoms with Crippen molar-refractivity contribution in [1.29, 1.82) is 0 Å². The van der Waals surface area contributed by atoms with Crippen molar-refractivity contribution in [2.75, 3.05) is 19.4 Å². The Labute approximate surface area is 143 Å². The summed E-state index contributed by atoms with van der Waals surface area (Å²) in [5.41, 5.74) is -0.336. The maximum atomic E-state index is 12.7. The van der Waals surface area contributed by atoms with E-state index in [9.17, 15) is 18.0 Å². The summed E-state index contributed by atoms with van der Waals surface area (Å²) in [5, 5.41) is 2.61. The highest BCUT2D eigenvalue weighted by atomic mass is 32.2. The number of carbonyl (C=O) groups is 2. The zero-order valence-electron chi connectivity index (χ0n) is 14.9. The maximum Gasteiger partial charge on any atom is 0.254 e. The van der Waals surface area contributed by atoms with Gasteiger partial charge in [-0.1, -0.05) is 6.92 Å². The summed E-state index contributed by atoms with van der Waals surface area (Å²) >= 11 is 0. The summed E-state index contributed by atoms with van der Waals surface area (Å²) in [4.78, 5) is 25.0. The monoisotopic (exact) mass is 355 g/mol. The number of sulfonamides is 1. The van der Waals surface area contributed by atoms with E-state index < -0.39 is 21.5 Å². The molecule has 1 aromatic carbocycles. The molecule has 0 atom stereocenters. The van der Waals surface area contributed by atoms with E-state index >= 15 is 0 Å². The Hall–Kier alpha value is -1.93. The zero-order valence-corrected chi connectivity index (χ0v) is 15.7. The van der Waals surface area contributed by atoms with Crippen molar-refractivity contribution in [2.45, 2.75) is 44.6 Å². The number of benzene rings is 1. The Bertz CT molecular complexity index is 734. The molecule has 8 heteroatoms. The van der Waals surface area contributed by atoms with Gasteiger partial charge in [0.25, 0.3) is 5.91 Å². The fourth-order valence-electron chi connectivity index (χ4n) is 1.95. The van der Waals surface area contributed by atoms with Crippen LogP contribution in [-0.2, 0) is 14.8 Å².